The summed E-state index contributed by atoms with van der Waals surface area (Å²) < 4.78 is 34.9. The van der Waals surface area contributed by atoms with Crippen LogP contribution in [-0.4, -0.2) is 51.4 Å². The highest BCUT2D eigenvalue weighted by Crippen LogP contribution is 2.33. The van der Waals surface area contributed by atoms with Crippen LogP contribution in [0.4, 0.5) is 5.69 Å². The Morgan fingerprint density at radius 1 is 0.867 bits per heavy atom. The van der Waals surface area contributed by atoms with Crippen molar-refractivity contribution in [3.05, 3.63) is 124 Å². The van der Waals surface area contributed by atoms with Crippen LogP contribution in [0.3, 0.4) is 0 Å². The number of para-hydroxylation sites is 2. The highest BCUT2D eigenvalue weighted by atomic mass is 35.5. The lowest BCUT2D eigenvalue weighted by molar-refractivity contribution is -0.140. The number of nitrogens with zero attached hydrogens (tertiary/aromatic N) is 2. The highest BCUT2D eigenvalue weighted by Gasteiger charge is 2.35. The molecule has 0 aliphatic carbocycles. The van der Waals surface area contributed by atoms with Gasteiger partial charge in [-0.2, -0.15) is 0 Å². The maximum absolute atomic E-state index is 14.5. The van der Waals surface area contributed by atoms with Gasteiger partial charge in [0.2, 0.25) is 11.8 Å². The molecule has 4 aromatic rings. The number of hydrogen-bond donors (Lipinski definition) is 1. The minimum absolute atomic E-state index is 0.00685. The van der Waals surface area contributed by atoms with Gasteiger partial charge in [-0.1, -0.05) is 89.4 Å². The van der Waals surface area contributed by atoms with Crippen molar-refractivity contribution in [2.45, 2.75) is 37.8 Å². The Hall–Kier alpha value is -4.05. The summed E-state index contributed by atoms with van der Waals surface area (Å²) in [5.41, 5.74) is 2.51. The number of nitrogens with one attached hydrogen (secondary N) is 1. The number of benzene rings is 4. The summed E-state index contributed by atoms with van der Waals surface area (Å²) >= 11 is 12.5. The topological polar surface area (TPSA) is 96.0 Å². The van der Waals surface area contributed by atoms with Gasteiger partial charge >= 0.3 is 0 Å². The number of carbonyl (C=O) groups is 2. The van der Waals surface area contributed by atoms with Crippen LogP contribution in [0.15, 0.2) is 102 Å². The molecular formula is C34H35Cl2N3O5S. The molecule has 0 aliphatic rings. The maximum atomic E-state index is 14.5. The van der Waals surface area contributed by atoms with Crippen LogP contribution >= 0.6 is 23.2 Å². The minimum atomic E-state index is -4.27. The van der Waals surface area contributed by atoms with Gasteiger partial charge in [-0.05, 0) is 61.4 Å². The van der Waals surface area contributed by atoms with Gasteiger partial charge in [0, 0.05) is 19.5 Å². The van der Waals surface area contributed by atoms with Gasteiger partial charge in [0.25, 0.3) is 10.0 Å². The van der Waals surface area contributed by atoms with E-state index in [-0.39, 0.29) is 40.2 Å². The molecule has 2 amide bonds. The SMILES string of the molecule is CCNC(=O)[C@H](Cc1ccccc1)N(Cc1ccc(Cl)c(Cl)c1)C(=O)CN(c1ccccc1OC)S(=O)(=O)c1ccc(C)cc1. The predicted octanol–water partition coefficient (Wildman–Crippen LogP) is 6.28. The van der Waals surface area contributed by atoms with Gasteiger partial charge in [0.05, 0.1) is 27.7 Å². The molecule has 0 unspecified atom stereocenters. The Morgan fingerprint density at radius 2 is 1.53 bits per heavy atom. The molecule has 11 heteroatoms. The van der Waals surface area contributed by atoms with Crippen molar-refractivity contribution in [3.63, 3.8) is 0 Å². The zero-order valence-electron chi connectivity index (χ0n) is 25.2. The Bertz CT molecular complexity index is 1730. The zero-order chi connectivity index (χ0) is 32.6. The van der Waals surface area contributed by atoms with E-state index >= 15 is 0 Å². The fourth-order valence-corrected chi connectivity index (χ4v) is 6.61. The fraction of sp³-hybridized carbons (Fsp3) is 0.235. The largest absolute Gasteiger partial charge is 0.495 e. The number of halogens is 2. The lowest BCUT2D eigenvalue weighted by Crippen LogP contribution is -2.53. The fourth-order valence-electron chi connectivity index (χ4n) is 4.87. The molecule has 8 nitrogen and oxygen atoms in total. The van der Waals surface area contributed by atoms with Crippen LogP contribution < -0.4 is 14.4 Å². The smallest absolute Gasteiger partial charge is 0.264 e. The standard InChI is InChI=1S/C34H35Cl2N3O5S/c1-4-37-34(41)31(21-25-10-6-5-7-11-25)38(22-26-16-19-28(35)29(36)20-26)33(40)23-39(30-12-8-9-13-32(30)44-3)45(42,43)27-17-14-24(2)15-18-27/h5-20,31H,4,21-23H2,1-3H3,(H,37,41)/t31-/m0/s1. The van der Waals surface area contributed by atoms with Crippen molar-refractivity contribution in [2.24, 2.45) is 0 Å². The van der Waals surface area contributed by atoms with Crippen LogP contribution in [0.25, 0.3) is 0 Å². The Balaban J connectivity index is 1.83. The van der Waals surface area contributed by atoms with Gasteiger partial charge in [-0.25, -0.2) is 8.42 Å². The minimum Gasteiger partial charge on any atom is -0.495 e. The lowest BCUT2D eigenvalue weighted by Gasteiger charge is -2.34. The number of methoxy groups -OCH3 is 1. The summed E-state index contributed by atoms with van der Waals surface area (Å²) in [6.45, 7) is 3.35. The lowest BCUT2D eigenvalue weighted by atomic mass is 10.0. The molecule has 45 heavy (non-hydrogen) atoms. The molecule has 0 saturated carbocycles. The van der Waals surface area contributed by atoms with Crippen molar-refractivity contribution in [3.8, 4) is 5.75 Å². The molecule has 0 heterocycles. The summed E-state index contributed by atoms with van der Waals surface area (Å²) in [5, 5.41) is 3.47. The Labute approximate surface area is 274 Å². The molecule has 4 aromatic carbocycles. The van der Waals surface area contributed by atoms with Gasteiger partial charge in [0.15, 0.2) is 0 Å². The average Bonchev–Trinajstić information content (AvgIpc) is 3.03. The van der Waals surface area contributed by atoms with Crippen molar-refractivity contribution >= 4 is 50.7 Å². The van der Waals surface area contributed by atoms with Crippen LogP contribution in [0.2, 0.25) is 10.0 Å². The van der Waals surface area contributed by atoms with E-state index in [2.05, 4.69) is 5.32 Å². The summed E-state index contributed by atoms with van der Waals surface area (Å²) in [7, 11) is -2.84. The molecule has 1 atom stereocenters. The molecular weight excluding hydrogens is 633 g/mol. The van der Waals surface area contributed by atoms with Crippen LogP contribution in [0, 0.1) is 6.92 Å². The second kappa shape index (κ2) is 15.3. The molecule has 0 saturated heterocycles. The van der Waals surface area contributed by atoms with Gasteiger partial charge in [-0.3, -0.25) is 13.9 Å². The number of aryl methyl sites for hydroxylation is 1. The van der Waals surface area contributed by atoms with E-state index in [0.29, 0.717) is 17.1 Å². The first-order valence-electron chi connectivity index (χ1n) is 14.3. The van der Waals surface area contributed by atoms with Crippen LogP contribution in [0.1, 0.15) is 23.6 Å². The number of rotatable bonds is 13. The van der Waals surface area contributed by atoms with E-state index in [1.807, 2.05) is 37.3 Å². The molecule has 0 radical (unpaired) electrons. The first-order chi connectivity index (χ1) is 21.5. The van der Waals surface area contributed by atoms with E-state index in [1.54, 1.807) is 61.5 Å². The highest BCUT2D eigenvalue weighted by molar-refractivity contribution is 7.92. The van der Waals surface area contributed by atoms with Crippen LogP contribution in [-0.2, 0) is 32.6 Å². The zero-order valence-corrected chi connectivity index (χ0v) is 27.6. The second-order valence-electron chi connectivity index (χ2n) is 10.4. The van der Waals surface area contributed by atoms with Crippen LogP contribution in [0.5, 0.6) is 5.75 Å². The molecule has 0 spiro atoms. The number of hydrogen-bond acceptors (Lipinski definition) is 5. The van der Waals surface area contributed by atoms with Crippen molar-refractivity contribution in [1.29, 1.82) is 0 Å². The number of ether oxygens (including phenoxy) is 1. The summed E-state index contributed by atoms with van der Waals surface area (Å²) in [6, 6.07) is 26.3. The number of sulfonamides is 1. The normalized spacial score (nSPS) is 11.8. The average molecular weight is 669 g/mol. The van der Waals surface area contributed by atoms with Crippen molar-refractivity contribution in [1.82, 2.24) is 10.2 Å². The summed E-state index contributed by atoms with van der Waals surface area (Å²) in [5.74, 6) is -0.712. The molecule has 4 rings (SSSR count). The molecule has 236 valence electrons. The third kappa shape index (κ3) is 8.36. The monoisotopic (exact) mass is 667 g/mol. The van der Waals surface area contributed by atoms with Gasteiger partial charge < -0.3 is 15.0 Å². The third-order valence-corrected chi connectivity index (χ3v) is 9.71. The predicted molar refractivity (Wildman–Crippen MR) is 178 cm³/mol. The van der Waals surface area contributed by atoms with E-state index in [0.717, 1.165) is 15.4 Å². The van der Waals surface area contributed by atoms with E-state index in [1.165, 1.54) is 24.1 Å². The molecule has 1 N–H and O–H groups in total. The number of carbonyl (C=O) groups excluding carboxylic acids is 2. The Morgan fingerprint density at radius 3 is 2.18 bits per heavy atom. The number of amides is 2. The maximum Gasteiger partial charge on any atom is 0.264 e. The van der Waals surface area contributed by atoms with Crippen molar-refractivity contribution in [2.75, 3.05) is 24.5 Å². The molecule has 0 fully saturated rings. The second-order valence-corrected chi connectivity index (χ2v) is 13.0. The van der Waals surface area contributed by atoms with E-state index in [9.17, 15) is 18.0 Å². The Kier molecular flexibility index (Phi) is 11.5. The molecule has 0 bridgehead atoms. The first kappa shape index (κ1) is 33.8. The molecule has 0 aliphatic heterocycles. The first-order valence-corrected chi connectivity index (χ1v) is 16.5. The van der Waals surface area contributed by atoms with E-state index < -0.39 is 28.5 Å². The summed E-state index contributed by atoms with van der Waals surface area (Å²) in [4.78, 5) is 29.5. The number of anilines is 1. The van der Waals surface area contributed by atoms with Crippen molar-refractivity contribution < 1.29 is 22.7 Å². The quantitative estimate of drug-likeness (QED) is 0.181. The van der Waals surface area contributed by atoms with E-state index in [4.69, 9.17) is 27.9 Å². The third-order valence-electron chi connectivity index (χ3n) is 7.20. The van der Waals surface area contributed by atoms with Gasteiger partial charge in [-0.15, -0.1) is 0 Å². The number of likely N-dealkylation sites (N-methyl/N-ethyl adjacent to an activating group) is 1. The summed E-state index contributed by atoms with van der Waals surface area (Å²) in [6.07, 6.45) is 0.194. The van der Waals surface area contributed by atoms with Gasteiger partial charge in [0.1, 0.15) is 18.3 Å². The molecule has 0 aromatic heterocycles.